The molecule has 0 amide bonds. The summed E-state index contributed by atoms with van der Waals surface area (Å²) in [4.78, 5) is 7.09. The molecule has 0 radical (unpaired) electrons. The Balaban J connectivity index is 3.31. The Hall–Kier alpha value is -0.520. The van der Waals surface area contributed by atoms with Gasteiger partial charge in [-0.1, -0.05) is 23.2 Å². The third kappa shape index (κ3) is 1.94. The first-order valence-electron chi connectivity index (χ1n) is 3.61. The van der Waals surface area contributed by atoms with Crippen LogP contribution in [0.2, 0.25) is 10.3 Å². The van der Waals surface area contributed by atoms with E-state index in [0.29, 0.717) is 0 Å². The van der Waals surface area contributed by atoms with E-state index in [2.05, 4.69) is 9.97 Å². The summed E-state index contributed by atoms with van der Waals surface area (Å²) >= 11 is 11.2. The van der Waals surface area contributed by atoms with Crippen LogP contribution in [0.3, 0.4) is 0 Å². The lowest BCUT2D eigenvalue weighted by Gasteiger charge is -2.24. The van der Waals surface area contributed by atoms with Gasteiger partial charge in [-0.25, -0.2) is 18.7 Å². The van der Waals surface area contributed by atoms with Crippen molar-refractivity contribution in [1.82, 2.24) is 9.97 Å². The Morgan fingerprint density at radius 1 is 1.36 bits per heavy atom. The zero-order valence-electron chi connectivity index (χ0n) is 7.14. The monoisotopic (exact) mass is 241 g/mol. The van der Waals surface area contributed by atoms with E-state index in [1.54, 1.807) is 0 Å². The van der Waals surface area contributed by atoms with Gasteiger partial charge in [0.1, 0.15) is 22.2 Å². The second-order valence-corrected chi connectivity index (χ2v) is 3.63. The Morgan fingerprint density at radius 2 is 1.79 bits per heavy atom. The van der Waals surface area contributed by atoms with Crippen molar-refractivity contribution in [3.8, 4) is 0 Å². The van der Waals surface area contributed by atoms with Gasteiger partial charge in [0.25, 0.3) is 6.43 Å². The lowest BCUT2D eigenvalue weighted by atomic mass is 9.97. The summed E-state index contributed by atoms with van der Waals surface area (Å²) in [5.41, 5.74) is 3.29. The molecule has 7 heteroatoms. The summed E-state index contributed by atoms with van der Waals surface area (Å²) in [5.74, 6) is 0. The van der Waals surface area contributed by atoms with Crippen molar-refractivity contribution >= 4 is 23.2 Å². The van der Waals surface area contributed by atoms with Gasteiger partial charge < -0.3 is 5.73 Å². The molecule has 78 valence electrons. The van der Waals surface area contributed by atoms with Crippen molar-refractivity contribution in [2.75, 3.05) is 0 Å². The predicted octanol–water partition coefficient (Wildman–Crippen LogP) is 2.22. The number of nitrogens with two attached hydrogens (primary N) is 1. The molecule has 0 saturated carbocycles. The quantitative estimate of drug-likeness (QED) is 0.809. The molecule has 1 atom stereocenters. The molecular formula is C7H7Cl2F2N3. The average molecular weight is 242 g/mol. The Kier molecular flexibility index (Phi) is 3.24. The van der Waals surface area contributed by atoms with E-state index >= 15 is 0 Å². The van der Waals surface area contributed by atoms with Crippen molar-refractivity contribution < 1.29 is 8.78 Å². The highest BCUT2D eigenvalue weighted by atomic mass is 35.5. The Bertz CT molecular complexity index is 323. The molecule has 14 heavy (non-hydrogen) atoms. The summed E-state index contributed by atoms with van der Waals surface area (Å²) in [6.07, 6.45) is -1.72. The SMILES string of the molecule is CC(N)(c1c(Cl)ncnc1Cl)C(F)F. The summed E-state index contributed by atoms with van der Waals surface area (Å²) in [6.45, 7) is 1.12. The highest BCUT2D eigenvalue weighted by Gasteiger charge is 2.37. The third-order valence-corrected chi connectivity index (χ3v) is 2.32. The molecule has 0 spiro atoms. The van der Waals surface area contributed by atoms with Crippen LogP contribution in [0.25, 0.3) is 0 Å². The number of alkyl halides is 2. The molecule has 2 N–H and O–H groups in total. The van der Waals surface area contributed by atoms with E-state index < -0.39 is 12.0 Å². The van der Waals surface area contributed by atoms with Crippen molar-refractivity contribution in [1.29, 1.82) is 0 Å². The number of aromatic nitrogens is 2. The number of nitrogens with zero attached hydrogens (tertiary/aromatic N) is 2. The van der Waals surface area contributed by atoms with Gasteiger partial charge in [-0.2, -0.15) is 0 Å². The minimum absolute atomic E-state index is 0.140. The molecular weight excluding hydrogens is 235 g/mol. The standard InChI is InChI=1S/C7H7Cl2F2N3/c1-7(12,6(10)11)3-4(8)13-2-14-5(3)9/h2,6H,12H2,1H3. The summed E-state index contributed by atoms with van der Waals surface area (Å²) in [7, 11) is 0. The summed E-state index contributed by atoms with van der Waals surface area (Å²) in [6, 6.07) is 0. The van der Waals surface area contributed by atoms with Gasteiger partial charge in [0.05, 0.1) is 5.56 Å². The van der Waals surface area contributed by atoms with Gasteiger partial charge in [-0.3, -0.25) is 0 Å². The summed E-state index contributed by atoms with van der Waals surface area (Å²) in [5, 5.41) is -0.314. The predicted molar refractivity (Wildman–Crippen MR) is 49.6 cm³/mol. The molecule has 1 aromatic rings. The first-order valence-corrected chi connectivity index (χ1v) is 4.36. The fourth-order valence-electron chi connectivity index (χ4n) is 0.898. The topological polar surface area (TPSA) is 51.8 Å². The van der Waals surface area contributed by atoms with Gasteiger partial charge in [0, 0.05) is 0 Å². The third-order valence-electron chi connectivity index (χ3n) is 1.75. The van der Waals surface area contributed by atoms with E-state index in [1.165, 1.54) is 0 Å². The van der Waals surface area contributed by atoms with Crippen molar-refractivity contribution in [2.24, 2.45) is 5.73 Å². The largest absolute Gasteiger partial charge is 0.317 e. The van der Waals surface area contributed by atoms with E-state index in [4.69, 9.17) is 28.9 Å². The Labute approximate surface area is 89.2 Å². The average Bonchev–Trinajstić information content (AvgIpc) is 2.02. The van der Waals surface area contributed by atoms with Crippen LogP contribution in [-0.4, -0.2) is 16.4 Å². The lowest BCUT2D eigenvalue weighted by molar-refractivity contribution is 0.0622. The maximum Gasteiger partial charge on any atom is 0.260 e. The van der Waals surface area contributed by atoms with Gasteiger partial charge in [0.15, 0.2) is 0 Å². The minimum Gasteiger partial charge on any atom is -0.317 e. The van der Waals surface area contributed by atoms with E-state index in [1.807, 2.05) is 0 Å². The maximum absolute atomic E-state index is 12.6. The van der Waals surface area contributed by atoms with Crippen LogP contribution in [0.5, 0.6) is 0 Å². The molecule has 0 aliphatic carbocycles. The van der Waals surface area contributed by atoms with Gasteiger partial charge in [-0.15, -0.1) is 0 Å². The molecule has 3 nitrogen and oxygen atoms in total. The second-order valence-electron chi connectivity index (χ2n) is 2.91. The first-order chi connectivity index (χ1) is 6.37. The molecule has 0 aliphatic heterocycles. The molecule has 0 aliphatic rings. The van der Waals surface area contributed by atoms with Crippen LogP contribution in [0.15, 0.2) is 6.33 Å². The van der Waals surface area contributed by atoms with Gasteiger partial charge in [-0.05, 0) is 6.92 Å². The van der Waals surface area contributed by atoms with Crippen molar-refractivity contribution in [3.63, 3.8) is 0 Å². The van der Waals surface area contributed by atoms with Crippen molar-refractivity contribution in [2.45, 2.75) is 18.9 Å². The fraction of sp³-hybridized carbons (Fsp3) is 0.429. The van der Waals surface area contributed by atoms with Crippen LogP contribution in [0.4, 0.5) is 8.78 Å². The number of halogens is 4. The van der Waals surface area contributed by atoms with Gasteiger partial charge >= 0.3 is 0 Å². The van der Waals surface area contributed by atoms with Crippen LogP contribution >= 0.6 is 23.2 Å². The molecule has 0 saturated heterocycles. The van der Waals surface area contributed by atoms with Crippen LogP contribution in [0.1, 0.15) is 12.5 Å². The highest BCUT2D eigenvalue weighted by molar-refractivity contribution is 6.34. The maximum atomic E-state index is 12.6. The van der Waals surface area contributed by atoms with E-state index in [0.717, 1.165) is 13.3 Å². The van der Waals surface area contributed by atoms with Crippen LogP contribution < -0.4 is 5.73 Å². The molecule has 0 bridgehead atoms. The van der Waals surface area contributed by atoms with E-state index in [-0.39, 0.29) is 15.9 Å². The zero-order chi connectivity index (χ0) is 10.9. The van der Waals surface area contributed by atoms with E-state index in [9.17, 15) is 8.78 Å². The minimum atomic E-state index is -2.80. The molecule has 1 rings (SSSR count). The van der Waals surface area contributed by atoms with Crippen LogP contribution in [-0.2, 0) is 5.54 Å². The summed E-state index contributed by atoms with van der Waals surface area (Å²) < 4.78 is 25.1. The number of hydrogen-bond donors (Lipinski definition) is 1. The zero-order valence-corrected chi connectivity index (χ0v) is 8.65. The van der Waals surface area contributed by atoms with Crippen molar-refractivity contribution in [3.05, 3.63) is 22.2 Å². The molecule has 1 aromatic heterocycles. The fourth-order valence-corrected chi connectivity index (χ4v) is 1.62. The smallest absolute Gasteiger partial charge is 0.260 e. The van der Waals surface area contributed by atoms with Gasteiger partial charge in [0.2, 0.25) is 0 Å². The molecule has 0 aromatic carbocycles. The number of rotatable bonds is 2. The molecule has 1 unspecified atom stereocenters. The highest BCUT2D eigenvalue weighted by Crippen LogP contribution is 2.33. The molecule has 0 fully saturated rings. The normalized spacial score (nSPS) is 15.6. The molecule has 1 heterocycles. The second kappa shape index (κ2) is 3.92. The number of hydrogen-bond acceptors (Lipinski definition) is 3. The lowest BCUT2D eigenvalue weighted by Crippen LogP contribution is -2.41. The Morgan fingerprint density at radius 3 is 2.14 bits per heavy atom. The van der Waals surface area contributed by atoms with Crippen LogP contribution in [0, 0.1) is 0 Å². The first kappa shape index (κ1) is 11.6.